The fourth-order valence-electron chi connectivity index (χ4n) is 2.04. The van der Waals surface area contributed by atoms with Gasteiger partial charge in [0, 0.05) is 10.9 Å². The maximum absolute atomic E-state index is 5.71. The Bertz CT molecular complexity index is 706. The van der Waals surface area contributed by atoms with E-state index < -0.39 is 0 Å². The van der Waals surface area contributed by atoms with E-state index >= 15 is 0 Å². The quantitative estimate of drug-likeness (QED) is 0.704. The third-order valence-corrected chi connectivity index (χ3v) is 2.97. The first-order chi connectivity index (χ1) is 8.74. The van der Waals surface area contributed by atoms with E-state index in [9.17, 15) is 0 Å². The Labute approximate surface area is 105 Å². The van der Waals surface area contributed by atoms with Crippen LogP contribution in [0.15, 0.2) is 48.5 Å². The van der Waals surface area contributed by atoms with Crippen molar-refractivity contribution < 1.29 is 0 Å². The molecule has 0 atom stereocenters. The molecule has 0 spiro atoms. The van der Waals surface area contributed by atoms with Gasteiger partial charge in [-0.2, -0.15) is 0 Å². The summed E-state index contributed by atoms with van der Waals surface area (Å²) in [6, 6.07) is 15.9. The Morgan fingerprint density at radius 3 is 2.50 bits per heavy atom. The van der Waals surface area contributed by atoms with Crippen molar-refractivity contribution in [2.45, 2.75) is 6.92 Å². The largest absolute Gasteiger partial charge is 0.384 e. The van der Waals surface area contributed by atoms with Crippen molar-refractivity contribution in [3.63, 3.8) is 0 Å². The van der Waals surface area contributed by atoms with Crippen LogP contribution < -0.4 is 5.73 Å². The summed E-state index contributed by atoms with van der Waals surface area (Å²) in [5, 5.41) is 1.05. The van der Waals surface area contributed by atoms with E-state index in [1.54, 1.807) is 6.07 Å². The Morgan fingerprint density at radius 2 is 1.72 bits per heavy atom. The molecule has 3 heteroatoms. The summed E-state index contributed by atoms with van der Waals surface area (Å²) in [4.78, 5) is 8.87. The van der Waals surface area contributed by atoms with Crippen molar-refractivity contribution in [1.29, 1.82) is 0 Å². The molecule has 1 aromatic carbocycles. The Balaban J connectivity index is 2.27. The number of anilines is 1. The topological polar surface area (TPSA) is 51.8 Å². The second-order valence-electron chi connectivity index (χ2n) is 4.30. The summed E-state index contributed by atoms with van der Waals surface area (Å²) in [6.45, 7) is 2.06. The van der Waals surface area contributed by atoms with Crippen LogP contribution in [-0.4, -0.2) is 9.97 Å². The minimum atomic E-state index is 0.500. The molecular formula is C15H13N3. The van der Waals surface area contributed by atoms with Crippen LogP contribution >= 0.6 is 0 Å². The van der Waals surface area contributed by atoms with Gasteiger partial charge in [-0.1, -0.05) is 30.3 Å². The Kier molecular flexibility index (Phi) is 2.45. The van der Waals surface area contributed by atoms with Crippen molar-refractivity contribution in [3.8, 4) is 11.3 Å². The minimum absolute atomic E-state index is 0.500. The standard InChI is InChI=1S/C15H13N3/c1-10-9-13(11-5-3-2-4-6-11)17-15-12(10)7-8-14(16)18-15/h2-9H,1H3,(H2,16,17,18). The van der Waals surface area contributed by atoms with Crippen LogP contribution in [0.3, 0.4) is 0 Å². The molecule has 0 aliphatic rings. The molecule has 0 fully saturated rings. The minimum Gasteiger partial charge on any atom is -0.384 e. The molecule has 3 nitrogen and oxygen atoms in total. The number of hydrogen-bond acceptors (Lipinski definition) is 3. The summed E-state index contributed by atoms with van der Waals surface area (Å²) in [5.74, 6) is 0.500. The second-order valence-corrected chi connectivity index (χ2v) is 4.30. The van der Waals surface area contributed by atoms with Gasteiger partial charge in [-0.3, -0.25) is 0 Å². The zero-order chi connectivity index (χ0) is 12.5. The zero-order valence-corrected chi connectivity index (χ0v) is 10.1. The number of rotatable bonds is 1. The van der Waals surface area contributed by atoms with Gasteiger partial charge in [-0.05, 0) is 30.7 Å². The van der Waals surface area contributed by atoms with Gasteiger partial charge in [0.2, 0.25) is 0 Å². The first-order valence-electron chi connectivity index (χ1n) is 5.83. The normalized spacial score (nSPS) is 10.7. The van der Waals surface area contributed by atoms with Crippen LogP contribution in [0, 0.1) is 6.92 Å². The highest BCUT2D eigenvalue weighted by atomic mass is 14.9. The smallest absolute Gasteiger partial charge is 0.162 e. The first kappa shape index (κ1) is 10.7. The van der Waals surface area contributed by atoms with Crippen LogP contribution in [0.2, 0.25) is 0 Å². The monoisotopic (exact) mass is 235 g/mol. The van der Waals surface area contributed by atoms with Gasteiger partial charge in [-0.25, -0.2) is 9.97 Å². The molecule has 2 heterocycles. The van der Waals surface area contributed by atoms with Crippen molar-refractivity contribution in [3.05, 3.63) is 54.1 Å². The molecule has 3 aromatic rings. The highest BCUT2D eigenvalue weighted by molar-refractivity contribution is 5.83. The molecule has 88 valence electrons. The average molecular weight is 235 g/mol. The third-order valence-electron chi connectivity index (χ3n) is 2.97. The molecule has 2 N–H and O–H groups in total. The molecule has 0 saturated carbocycles. The number of nitrogen functional groups attached to an aromatic ring is 1. The van der Waals surface area contributed by atoms with Gasteiger partial charge in [-0.15, -0.1) is 0 Å². The van der Waals surface area contributed by atoms with E-state index in [-0.39, 0.29) is 0 Å². The van der Waals surface area contributed by atoms with Crippen LogP contribution in [0.5, 0.6) is 0 Å². The molecule has 0 aliphatic heterocycles. The van der Waals surface area contributed by atoms with Gasteiger partial charge in [0.05, 0.1) is 5.69 Å². The van der Waals surface area contributed by atoms with E-state index in [4.69, 9.17) is 5.73 Å². The number of hydrogen-bond donors (Lipinski definition) is 1. The van der Waals surface area contributed by atoms with E-state index in [2.05, 4.69) is 23.0 Å². The van der Waals surface area contributed by atoms with E-state index in [1.165, 1.54) is 0 Å². The average Bonchev–Trinajstić information content (AvgIpc) is 2.39. The summed E-state index contributed by atoms with van der Waals surface area (Å²) >= 11 is 0. The van der Waals surface area contributed by atoms with Gasteiger partial charge in [0.15, 0.2) is 5.65 Å². The van der Waals surface area contributed by atoms with Gasteiger partial charge in [0.25, 0.3) is 0 Å². The predicted molar refractivity (Wildman–Crippen MR) is 74.1 cm³/mol. The predicted octanol–water partition coefficient (Wildman–Crippen LogP) is 3.19. The highest BCUT2D eigenvalue weighted by Gasteiger charge is 2.05. The summed E-state index contributed by atoms with van der Waals surface area (Å²) in [7, 11) is 0. The molecule has 3 rings (SSSR count). The maximum atomic E-state index is 5.71. The SMILES string of the molecule is Cc1cc(-c2ccccc2)nc2nc(N)ccc12. The van der Waals surface area contributed by atoms with Crippen LogP contribution in [0.4, 0.5) is 5.82 Å². The second kappa shape index (κ2) is 4.11. The maximum Gasteiger partial charge on any atom is 0.162 e. The molecule has 18 heavy (non-hydrogen) atoms. The lowest BCUT2D eigenvalue weighted by atomic mass is 10.1. The van der Waals surface area contributed by atoms with Crippen molar-refractivity contribution in [2.75, 3.05) is 5.73 Å². The van der Waals surface area contributed by atoms with Gasteiger partial charge >= 0.3 is 0 Å². The molecule has 0 amide bonds. The van der Waals surface area contributed by atoms with Crippen LogP contribution in [-0.2, 0) is 0 Å². The molecule has 0 unspecified atom stereocenters. The van der Waals surface area contributed by atoms with Crippen molar-refractivity contribution in [1.82, 2.24) is 9.97 Å². The molecule has 2 aromatic heterocycles. The lowest BCUT2D eigenvalue weighted by Gasteiger charge is -2.06. The molecular weight excluding hydrogens is 222 g/mol. The van der Waals surface area contributed by atoms with Crippen molar-refractivity contribution >= 4 is 16.9 Å². The van der Waals surface area contributed by atoms with Gasteiger partial charge < -0.3 is 5.73 Å². The van der Waals surface area contributed by atoms with E-state index in [1.807, 2.05) is 36.4 Å². The number of pyridine rings is 2. The van der Waals surface area contributed by atoms with E-state index in [0.717, 1.165) is 22.2 Å². The van der Waals surface area contributed by atoms with Crippen molar-refractivity contribution in [2.24, 2.45) is 0 Å². The molecule has 0 aliphatic carbocycles. The lowest BCUT2D eigenvalue weighted by molar-refractivity contribution is 1.27. The van der Waals surface area contributed by atoms with E-state index in [0.29, 0.717) is 11.5 Å². The number of fused-ring (bicyclic) bond motifs is 1. The Morgan fingerprint density at radius 1 is 0.944 bits per heavy atom. The van der Waals surface area contributed by atoms with Gasteiger partial charge in [0.1, 0.15) is 5.82 Å². The molecule has 0 saturated heterocycles. The summed E-state index contributed by atoms with van der Waals surface area (Å²) < 4.78 is 0. The number of aromatic nitrogens is 2. The molecule has 0 radical (unpaired) electrons. The fourth-order valence-corrected chi connectivity index (χ4v) is 2.04. The zero-order valence-electron chi connectivity index (χ0n) is 10.1. The lowest BCUT2D eigenvalue weighted by Crippen LogP contribution is -1.95. The number of nitrogens with two attached hydrogens (primary N) is 1. The number of nitrogens with zero attached hydrogens (tertiary/aromatic N) is 2. The highest BCUT2D eigenvalue weighted by Crippen LogP contribution is 2.23. The first-order valence-corrected chi connectivity index (χ1v) is 5.83. The summed E-state index contributed by atoms with van der Waals surface area (Å²) in [5.41, 5.74) is 9.59. The summed E-state index contributed by atoms with van der Waals surface area (Å²) in [6.07, 6.45) is 0. The fraction of sp³-hybridized carbons (Fsp3) is 0.0667. The third kappa shape index (κ3) is 1.80. The molecule has 0 bridgehead atoms. The van der Waals surface area contributed by atoms with Crippen LogP contribution in [0.1, 0.15) is 5.56 Å². The van der Waals surface area contributed by atoms with Crippen LogP contribution in [0.25, 0.3) is 22.3 Å². The Hall–Kier alpha value is -2.42. The number of benzene rings is 1. The number of aryl methyl sites for hydroxylation is 1.